The summed E-state index contributed by atoms with van der Waals surface area (Å²) in [5.41, 5.74) is 4.36. The first kappa shape index (κ1) is 22.2. The molecule has 1 aliphatic heterocycles. The summed E-state index contributed by atoms with van der Waals surface area (Å²) < 4.78 is 29.3. The van der Waals surface area contributed by atoms with Gasteiger partial charge in [0.25, 0.3) is 5.91 Å². The molecular formula is C24H28N4O3S. The Morgan fingerprint density at radius 2 is 1.66 bits per heavy atom. The summed E-state index contributed by atoms with van der Waals surface area (Å²) in [6.45, 7) is 7.34. The molecule has 0 atom stereocenters. The Morgan fingerprint density at radius 1 is 0.906 bits per heavy atom. The lowest BCUT2D eigenvalue weighted by molar-refractivity contribution is 0.0763. The van der Waals surface area contributed by atoms with Gasteiger partial charge in [-0.15, -0.1) is 0 Å². The Kier molecular flexibility index (Phi) is 6.17. The molecule has 2 aromatic carbocycles. The fourth-order valence-corrected chi connectivity index (χ4v) is 5.48. The molecule has 3 aromatic rings. The fraction of sp³-hybridized carbons (Fsp3) is 0.333. The Hall–Kier alpha value is -2.97. The van der Waals surface area contributed by atoms with E-state index >= 15 is 0 Å². The molecule has 0 aliphatic carbocycles. The summed E-state index contributed by atoms with van der Waals surface area (Å²) in [5, 5.41) is 4.43. The molecule has 0 radical (unpaired) electrons. The number of hydrogen-bond acceptors (Lipinski definition) is 4. The Balaban J connectivity index is 1.50. The first-order valence-corrected chi connectivity index (χ1v) is 12.2. The van der Waals surface area contributed by atoms with Crippen LogP contribution in [0.3, 0.4) is 0 Å². The van der Waals surface area contributed by atoms with Crippen LogP contribution in [0.4, 0.5) is 0 Å². The first-order valence-electron chi connectivity index (χ1n) is 10.7. The smallest absolute Gasteiger partial charge is 0.257 e. The largest absolute Gasteiger partial charge is 0.337 e. The summed E-state index contributed by atoms with van der Waals surface area (Å²) >= 11 is 0. The molecule has 0 N–H and O–H groups in total. The van der Waals surface area contributed by atoms with Crippen LogP contribution in [0.15, 0.2) is 59.6 Å². The molecule has 0 saturated carbocycles. The number of hydrogen-bond donors (Lipinski definition) is 0. The van der Waals surface area contributed by atoms with Gasteiger partial charge in [0, 0.05) is 26.2 Å². The van der Waals surface area contributed by atoms with Gasteiger partial charge < -0.3 is 4.90 Å². The number of aryl methyl sites for hydroxylation is 2. The van der Waals surface area contributed by atoms with Crippen LogP contribution in [-0.2, 0) is 10.0 Å². The highest BCUT2D eigenvalue weighted by molar-refractivity contribution is 7.89. The van der Waals surface area contributed by atoms with Crippen molar-refractivity contribution in [2.24, 2.45) is 0 Å². The normalized spacial score (nSPS) is 15.5. The monoisotopic (exact) mass is 452 g/mol. The molecule has 32 heavy (non-hydrogen) atoms. The SMILES string of the molecule is Cc1ccc(S(=O)(=O)N2CCCN(C(=O)c3cnn(-c4cccc(C)c4)c3C)CC2)cc1. The molecule has 2 heterocycles. The maximum atomic E-state index is 13.3. The van der Waals surface area contributed by atoms with E-state index in [0.29, 0.717) is 31.6 Å². The molecule has 8 heteroatoms. The Labute approximate surface area is 189 Å². The van der Waals surface area contributed by atoms with Crippen molar-refractivity contribution in [3.05, 3.63) is 77.1 Å². The average Bonchev–Trinajstić information content (AvgIpc) is 2.98. The maximum Gasteiger partial charge on any atom is 0.257 e. The van der Waals surface area contributed by atoms with Crippen LogP contribution in [-0.4, -0.2) is 59.5 Å². The van der Waals surface area contributed by atoms with Crippen molar-refractivity contribution >= 4 is 15.9 Å². The predicted octanol–water partition coefficient (Wildman–Crippen LogP) is 3.33. The van der Waals surface area contributed by atoms with Crippen molar-refractivity contribution < 1.29 is 13.2 Å². The predicted molar refractivity (Wildman–Crippen MR) is 123 cm³/mol. The second-order valence-corrected chi connectivity index (χ2v) is 10.2. The number of carbonyl (C=O) groups is 1. The Bertz CT molecular complexity index is 1230. The van der Waals surface area contributed by atoms with Crippen LogP contribution < -0.4 is 0 Å². The number of amides is 1. The van der Waals surface area contributed by atoms with Gasteiger partial charge in [-0.05, 0) is 57.0 Å². The van der Waals surface area contributed by atoms with Gasteiger partial charge in [0.1, 0.15) is 0 Å². The molecule has 1 aromatic heterocycles. The number of carbonyl (C=O) groups excluding carboxylic acids is 1. The van der Waals surface area contributed by atoms with Crippen LogP contribution in [0.1, 0.15) is 33.6 Å². The lowest BCUT2D eigenvalue weighted by Crippen LogP contribution is -2.37. The third-order valence-electron chi connectivity index (χ3n) is 5.89. The quantitative estimate of drug-likeness (QED) is 0.609. The van der Waals surface area contributed by atoms with Gasteiger partial charge in [-0.3, -0.25) is 4.79 Å². The molecule has 7 nitrogen and oxygen atoms in total. The van der Waals surface area contributed by atoms with Gasteiger partial charge in [-0.25, -0.2) is 13.1 Å². The van der Waals surface area contributed by atoms with Crippen LogP contribution in [0.25, 0.3) is 5.69 Å². The summed E-state index contributed by atoms with van der Waals surface area (Å²) in [4.78, 5) is 15.3. The van der Waals surface area contributed by atoms with E-state index in [4.69, 9.17) is 0 Å². The summed E-state index contributed by atoms with van der Waals surface area (Å²) in [5.74, 6) is -0.115. The molecule has 0 spiro atoms. The molecule has 1 aliphatic rings. The minimum atomic E-state index is -3.58. The standard InChI is InChI=1S/C24H28N4O3S/c1-18-8-10-22(11-9-18)32(30,31)27-13-5-12-26(14-15-27)24(29)23-17-25-28(20(23)3)21-7-4-6-19(2)16-21/h4,6-11,16-17H,5,12-15H2,1-3H3. The van der Waals surface area contributed by atoms with Crippen molar-refractivity contribution in [1.82, 2.24) is 19.0 Å². The number of nitrogens with zero attached hydrogens (tertiary/aromatic N) is 4. The highest BCUT2D eigenvalue weighted by Crippen LogP contribution is 2.21. The third-order valence-corrected chi connectivity index (χ3v) is 7.80. The number of aromatic nitrogens is 2. The lowest BCUT2D eigenvalue weighted by Gasteiger charge is -2.22. The average molecular weight is 453 g/mol. The van der Waals surface area contributed by atoms with Gasteiger partial charge in [-0.2, -0.15) is 9.40 Å². The van der Waals surface area contributed by atoms with E-state index in [2.05, 4.69) is 5.10 Å². The van der Waals surface area contributed by atoms with E-state index in [1.165, 1.54) is 4.31 Å². The zero-order valence-corrected chi connectivity index (χ0v) is 19.5. The third kappa shape index (κ3) is 4.33. The second kappa shape index (κ2) is 8.88. The minimum absolute atomic E-state index is 0.115. The van der Waals surface area contributed by atoms with Crippen LogP contribution in [0.2, 0.25) is 0 Å². The van der Waals surface area contributed by atoms with Crippen molar-refractivity contribution in [2.75, 3.05) is 26.2 Å². The van der Waals surface area contributed by atoms with E-state index in [-0.39, 0.29) is 17.3 Å². The highest BCUT2D eigenvalue weighted by Gasteiger charge is 2.29. The first-order chi connectivity index (χ1) is 15.3. The van der Waals surface area contributed by atoms with Gasteiger partial charge >= 0.3 is 0 Å². The van der Waals surface area contributed by atoms with Crippen molar-refractivity contribution in [3.63, 3.8) is 0 Å². The number of benzene rings is 2. The summed E-state index contributed by atoms with van der Waals surface area (Å²) in [7, 11) is -3.58. The molecular weight excluding hydrogens is 424 g/mol. The van der Waals surface area contributed by atoms with E-state index in [1.54, 1.807) is 40.0 Å². The van der Waals surface area contributed by atoms with Crippen LogP contribution in [0.5, 0.6) is 0 Å². The van der Waals surface area contributed by atoms with Gasteiger partial charge in [0.05, 0.1) is 28.0 Å². The van der Waals surface area contributed by atoms with Gasteiger partial charge in [-0.1, -0.05) is 29.8 Å². The summed E-state index contributed by atoms with van der Waals surface area (Å²) in [6.07, 6.45) is 2.19. The van der Waals surface area contributed by atoms with Crippen LogP contribution >= 0.6 is 0 Å². The molecule has 1 saturated heterocycles. The summed E-state index contributed by atoms with van der Waals surface area (Å²) in [6, 6.07) is 14.8. The van der Waals surface area contributed by atoms with Crippen molar-refractivity contribution in [2.45, 2.75) is 32.1 Å². The van der Waals surface area contributed by atoms with Gasteiger partial charge in [0.15, 0.2) is 0 Å². The number of rotatable bonds is 4. The van der Waals surface area contributed by atoms with E-state index in [9.17, 15) is 13.2 Å². The van der Waals surface area contributed by atoms with Gasteiger partial charge in [0.2, 0.25) is 10.0 Å². The van der Waals surface area contributed by atoms with Crippen molar-refractivity contribution in [1.29, 1.82) is 0 Å². The minimum Gasteiger partial charge on any atom is -0.337 e. The van der Waals surface area contributed by atoms with Crippen LogP contribution in [0, 0.1) is 20.8 Å². The second-order valence-electron chi connectivity index (χ2n) is 8.26. The molecule has 168 valence electrons. The molecule has 4 rings (SSSR count). The van der Waals surface area contributed by atoms with Crippen molar-refractivity contribution in [3.8, 4) is 5.69 Å². The van der Waals surface area contributed by atoms with E-state index in [0.717, 1.165) is 22.5 Å². The van der Waals surface area contributed by atoms with E-state index < -0.39 is 10.0 Å². The highest BCUT2D eigenvalue weighted by atomic mass is 32.2. The zero-order chi connectivity index (χ0) is 22.9. The molecule has 1 amide bonds. The Morgan fingerprint density at radius 3 is 2.38 bits per heavy atom. The number of sulfonamides is 1. The maximum absolute atomic E-state index is 13.3. The van der Waals surface area contributed by atoms with E-state index in [1.807, 2.05) is 45.0 Å². The zero-order valence-electron chi connectivity index (χ0n) is 18.7. The molecule has 0 bridgehead atoms. The molecule has 0 unspecified atom stereocenters. The fourth-order valence-electron chi connectivity index (χ4n) is 4.01. The lowest BCUT2D eigenvalue weighted by atomic mass is 10.2. The topological polar surface area (TPSA) is 75.5 Å². The molecule has 1 fully saturated rings.